The van der Waals surface area contributed by atoms with Gasteiger partial charge in [0.05, 0.1) is 16.3 Å². The molecule has 0 aliphatic rings. The largest absolute Gasteiger partial charge is 0.488 e. The molecule has 3 rings (SSSR count). The van der Waals surface area contributed by atoms with Crippen molar-refractivity contribution < 1.29 is 15.0 Å². The molecular weight excluding hydrogens is 371 g/mol. The molecule has 3 aromatic rings. The lowest BCUT2D eigenvalue weighted by Gasteiger charge is -2.12. The molecule has 0 unspecified atom stereocenters. The van der Waals surface area contributed by atoms with E-state index in [2.05, 4.69) is 15.5 Å². The Morgan fingerprint density at radius 2 is 1.76 bits per heavy atom. The Kier molecular flexibility index (Phi) is 6.33. The third kappa shape index (κ3) is 5.25. The van der Waals surface area contributed by atoms with E-state index in [1.807, 2.05) is 37.3 Å². The Morgan fingerprint density at radius 3 is 2.41 bits per heavy atom. The second-order valence-corrected chi connectivity index (χ2v) is 6.40. The highest BCUT2D eigenvalue weighted by Crippen LogP contribution is 2.26. The number of anilines is 1. The highest BCUT2D eigenvalue weighted by atomic mass is 16.6. The van der Waals surface area contributed by atoms with Crippen molar-refractivity contribution in [1.29, 1.82) is 0 Å². The summed E-state index contributed by atoms with van der Waals surface area (Å²) in [5, 5.41) is 41.2. The van der Waals surface area contributed by atoms with Gasteiger partial charge in [0, 0.05) is 24.4 Å². The van der Waals surface area contributed by atoms with Crippen molar-refractivity contribution in [2.24, 2.45) is 10.2 Å². The Labute approximate surface area is 167 Å². The van der Waals surface area contributed by atoms with E-state index >= 15 is 0 Å². The van der Waals surface area contributed by atoms with Crippen LogP contribution >= 0.6 is 0 Å². The summed E-state index contributed by atoms with van der Waals surface area (Å²) < 4.78 is 0. The number of rotatable bonds is 7. The van der Waals surface area contributed by atoms with E-state index in [1.54, 1.807) is 24.3 Å². The molecular formula is C20H19BN4O4. The number of hydrogen-bond acceptors (Lipinski definition) is 7. The normalized spacial score (nSPS) is 10.9. The van der Waals surface area contributed by atoms with Gasteiger partial charge >= 0.3 is 7.12 Å². The van der Waals surface area contributed by atoms with E-state index in [9.17, 15) is 20.2 Å². The summed E-state index contributed by atoms with van der Waals surface area (Å²) in [4.78, 5) is 10.2. The lowest BCUT2D eigenvalue weighted by atomic mass is 9.77. The van der Waals surface area contributed by atoms with Crippen LogP contribution in [0.3, 0.4) is 0 Å². The molecule has 0 fully saturated rings. The predicted octanol–water partition coefficient (Wildman–Crippen LogP) is 3.61. The van der Waals surface area contributed by atoms with E-state index in [4.69, 9.17) is 0 Å². The van der Waals surface area contributed by atoms with Gasteiger partial charge in [-0.1, -0.05) is 24.3 Å². The minimum atomic E-state index is -1.52. The summed E-state index contributed by atoms with van der Waals surface area (Å²) in [6, 6.07) is 18.6. The number of aryl methyl sites for hydroxylation is 1. The maximum absolute atomic E-state index is 10.7. The zero-order chi connectivity index (χ0) is 20.8. The van der Waals surface area contributed by atoms with Gasteiger partial charge < -0.3 is 15.4 Å². The lowest BCUT2D eigenvalue weighted by molar-refractivity contribution is -0.384. The molecule has 0 aliphatic carbocycles. The second-order valence-electron chi connectivity index (χ2n) is 6.40. The minimum absolute atomic E-state index is 0.00541. The van der Waals surface area contributed by atoms with Crippen molar-refractivity contribution in [3.8, 4) is 0 Å². The van der Waals surface area contributed by atoms with Gasteiger partial charge in [0.15, 0.2) is 0 Å². The predicted molar refractivity (Wildman–Crippen MR) is 112 cm³/mol. The van der Waals surface area contributed by atoms with Crippen molar-refractivity contribution in [3.63, 3.8) is 0 Å². The molecule has 0 aromatic heterocycles. The van der Waals surface area contributed by atoms with Crippen LogP contribution in [0.1, 0.15) is 11.1 Å². The molecule has 29 heavy (non-hydrogen) atoms. The van der Waals surface area contributed by atoms with E-state index in [0.717, 1.165) is 16.8 Å². The van der Waals surface area contributed by atoms with Crippen molar-refractivity contribution in [1.82, 2.24) is 0 Å². The van der Waals surface area contributed by atoms with Crippen LogP contribution in [-0.2, 0) is 6.54 Å². The fourth-order valence-corrected chi connectivity index (χ4v) is 2.77. The van der Waals surface area contributed by atoms with Gasteiger partial charge in [0.1, 0.15) is 0 Å². The first-order valence-corrected chi connectivity index (χ1v) is 8.88. The van der Waals surface area contributed by atoms with Crippen LogP contribution in [0.5, 0.6) is 0 Å². The van der Waals surface area contributed by atoms with Crippen LogP contribution in [0.4, 0.5) is 22.7 Å². The van der Waals surface area contributed by atoms with Gasteiger partial charge in [-0.2, -0.15) is 10.2 Å². The molecule has 146 valence electrons. The Hall–Kier alpha value is -3.56. The van der Waals surface area contributed by atoms with Crippen LogP contribution in [0.25, 0.3) is 0 Å². The number of nitro benzene ring substituents is 1. The smallest absolute Gasteiger partial charge is 0.423 e. The molecule has 0 saturated carbocycles. The van der Waals surface area contributed by atoms with Crippen LogP contribution in [0.15, 0.2) is 77.0 Å². The zero-order valence-electron chi connectivity index (χ0n) is 15.7. The molecule has 9 heteroatoms. The number of hydrogen-bond donors (Lipinski definition) is 3. The van der Waals surface area contributed by atoms with Gasteiger partial charge in [0.25, 0.3) is 5.69 Å². The van der Waals surface area contributed by atoms with Crippen molar-refractivity contribution in [3.05, 3.63) is 88.0 Å². The summed E-state index contributed by atoms with van der Waals surface area (Å²) in [5.74, 6) is 0. The van der Waals surface area contributed by atoms with Crippen LogP contribution in [0.2, 0.25) is 0 Å². The highest BCUT2D eigenvalue weighted by molar-refractivity contribution is 6.59. The monoisotopic (exact) mass is 390 g/mol. The molecule has 0 aliphatic heterocycles. The maximum Gasteiger partial charge on any atom is 0.488 e. The van der Waals surface area contributed by atoms with Crippen molar-refractivity contribution in [2.45, 2.75) is 13.5 Å². The summed E-state index contributed by atoms with van der Waals surface area (Å²) in [7, 11) is -1.52. The molecule has 0 atom stereocenters. The number of nitro groups is 1. The molecule has 8 nitrogen and oxygen atoms in total. The SMILES string of the molecule is Cc1cc(NCc2ccccc2B(O)O)ccc1N=Nc1ccc([N+](=O)[O-])cc1. The van der Waals surface area contributed by atoms with E-state index in [1.165, 1.54) is 12.1 Å². The van der Waals surface area contributed by atoms with Gasteiger partial charge in [-0.3, -0.25) is 10.1 Å². The summed E-state index contributed by atoms with van der Waals surface area (Å²) in [6.07, 6.45) is 0. The highest BCUT2D eigenvalue weighted by Gasteiger charge is 2.14. The summed E-state index contributed by atoms with van der Waals surface area (Å²) in [6.45, 7) is 2.34. The Morgan fingerprint density at radius 1 is 1.03 bits per heavy atom. The van der Waals surface area contributed by atoms with Gasteiger partial charge in [-0.25, -0.2) is 0 Å². The Bertz CT molecular complexity index is 1040. The molecule has 3 N–H and O–H groups in total. The van der Waals surface area contributed by atoms with E-state index in [0.29, 0.717) is 23.4 Å². The lowest BCUT2D eigenvalue weighted by Crippen LogP contribution is -2.33. The first-order valence-electron chi connectivity index (χ1n) is 8.88. The van der Waals surface area contributed by atoms with Crippen molar-refractivity contribution >= 4 is 35.3 Å². The summed E-state index contributed by atoms with van der Waals surface area (Å²) >= 11 is 0. The fraction of sp³-hybridized carbons (Fsp3) is 0.100. The molecule has 0 heterocycles. The number of nitrogens with one attached hydrogen (secondary N) is 1. The molecule has 0 amide bonds. The summed E-state index contributed by atoms with van der Waals surface area (Å²) in [5.41, 5.74) is 4.23. The standard InChI is InChI=1S/C20H19BN4O4/c1-14-12-17(22-13-15-4-2-3-5-19(15)21(26)27)8-11-20(14)24-23-16-6-9-18(10-7-16)25(28)29/h2-12,22,26-27H,13H2,1H3. The van der Waals surface area contributed by atoms with Gasteiger partial charge in [-0.05, 0) is 53.8 Å². The van der Waals surface area contributed by atoms with E-state index < -0.39 is 12.0 Å². The molecule has 0 spiro atoms. The van der Waals surface area contributed by atoms with Gasteiger partial charge in [0.2, 0.25) is 0 Å². The molecule has 3 aromatic carbocycles. The second kappa shape index (κ2) is 9.09. The Balaban J connectivity index is 1.68. The topological polar surface area (TPSA) is 120 Å². The quantitative estimate of drug-likeness (QED) is 0.246. The van der Waals surface area contributed by atoms with Crippen molar-refractivity contribution in [2.75, 3.05) is 5.32 Å². The average molecular weight is 390 g/mol. The number of non-ortho nitro benzene ring substituents is 1. The van der Waals surface area contributed by atoms with E-state index in [-0.39, 0.29) is 5.69 Å². The first kappa shape index (κ1) is 20.2. The van der Waals surface area contributed by atoms with Crippen LogP contribution in [-0.4, -0.2) is 22.1 Å². The fourth-order valence-electron chi connectivity index (χ4n) is 2.77. The number of azo groups is 1. The number of nitrogens with zero attached hydrogens (tertiary/aromatic N) is 3. The number of benzene rings is 3. The van der Waals surface area contributed by atoms with Crippen LogP contribution < -0.4 is 10.8 Å². The maximum atomic E-state index is 10.7. The minimum Gasteiger partial charge on any atom is -0.423 e. The average Bonchev–Trinajstić information content (AvgIpc) is 2.72. The molecule has 0 bridgehead atoms. The molecule has 0 saturated heterocycles. The van der Waals surface area contributed by atoms with Crippen LogP contribution in [0, 0.1) is 17.0 Å². The first-order chi connectivity index (χ1) is 13.9. The molecule has 0 radical (unpaired) electrons. The zero-order valence-corrected chi connectivity index (χ0v) is 15.7. The third-order valence-corrected chi connectivity index (χ3v) is 4.35. The van der Waals surface area contributed by atoms with Gasteiger partial charge in [-0.15, -0.1) is 0 Å². The third-order valence-electron chi connectivity index (χ3n) is 4.35.